The maximum Gasteiger partial charge on any atom is 0.241 e. The minimum Gasteiger partial charge on any atom is -0.313 e. The molecule has 0 aromatic heterocycles. The van der Waals surface area contributed by atoms with Gasteiger partial charge in [0.2, 0.25) is 10.0 Å². The molecule has 0 saturated heterocycles. The first-order valence-corrected chi connectivity index (χ1v) is 9.25. The van der Waals surface area contributed by atoms with E-state index in [9.17, 15) is 8.42 Å². The van der Waals surface area contributed by atoms with Gasteiger partial charge >= 0.3 is 0 Å². The number of rotatable bonds is 7. The number of aryl methyl sites for hydroxylation is 1. The van der Waals surface area contributed by atoms with Gasteiger partial charge < -0.3 is 5.32 Å². The lowest BCUT2D eigenvalue weighted by Crippen LogP contribution is -2.50. The lowest BCUT2D eigenvalue weighted by molar-refractivity contribution is 0.248. The van der Waals surface area contributed by atoms with E-state index < -0.39 is 10.0 Å². The van der Waals surface area contributed by atoms with Gasteiger partial charge in [-0.05, 0) is 62.4 Å². The molecule has 21 heavy (non-hydrogen) atoms. The molecule has 0 aliphatic heterocycles. The largest absolute Gasteiger partial charge is 0.313 e. The third kappa shape index (κ3) is 3.84. The highest BCUT2D eigenvalue weighted by Gasteiger charge is 2.36. The Bertz CT molecular complexity index is 592. The van der Waals surface area contributed by atoms with Crippen LogP contribution in [0, 0.1) is 0 Å². The minimum atomic E-state index is -3.43. The number of hydrogen-bond donors (Lipinski definition) is 2. The normalized spacial score (nSPS) is 17.5. The van der Waals surface area contributed by atoms with Crippen molar-refractivity contribution in [3.05, 3.63) is 29.3 Å². The van der Waals surface area contributed by atoms with Crippen LogP contribution in [0.5, 0.6) is 0 Å². The van der Waals surface area contributed by atoms with Crippen LogP contribution in [0.1, 0.15) is 51.2 Å². The van der Waals surface area contributed by atoms with Crippen molar-refractivity contribution in [1.82, 2.24) is 10.0 Å². The van der Waals surface area contributed by atoms with Crippen molar-refractivity contribution in [2.75, 3.05) is 6.54 Å². The van der Waals surface area contributed by atoms with E-state index in [2.05, 4.69) is 17.0 Å². The second kappa shape index (κ2) is 6.46. The van der Waals surface area contributed by atoms with Crippen molar-refractivity contribution in [3.63, 3.8) is 0 Å². The van der Waals surface area contributed by atoms with Crippen molar-refractivity contribution in [1.29, 1.82) is 0 Å². The maximum atomic E-state index is 12.5. The number of benzene rings is 1. The van der Waals surface area contributed by atoms with E-state index >= 15 is 0 Å². The van der Waals surface area contributed by atoms with Crippen LogP contribution in [0.2, 0.25) is 0 Å². The average Bonchev–Trinajstić information content (AvgIpc) is 2.42. The van der Waals surface area contributed by atoms with Crippen molar-refractivity contribution < 1.29 is 8.42 Å². The molecule has 0 bridgehead atoms. The lowest BCUT2D eigenvalue weighted by atomic mass is 9.80. The number of hydrogen-bond acceptors (Lipinski definition) is 3. The van der Waals surface area contributed by atoms with Gasteiger partial charge in [0.1, 0.15) is 0 Å². The highest BCUT2D eigenvalue weighted by atomic mass is 32.2. The Kier molecular flexibility index (Phi) is 5.07. The molecule has 0 unspecified atom stereocenters. The van der Waals surface area contributed by atoms with Crippen molar-refractivity contribution in [2.45, 2.75) is 63.4 Å². The molecule has 0 radical (unpaired) electrons. The summed E-state index contributed by atoms with van der Waals surface area (Å²) in [5.41, 5.74) is 2.01. The van der Waals surface area contributed by atoms with Crippen LogP contribution in [0.15, 0.2) is 23.1 Å². The van der Waals surface area contributed by atoms with Gasteiger partial charge in [-0.25, -0.2) is 13.1 Å². The summed E-state index contributed by atoms with van der Waals surface area (Å²) < 4.78 is 27.9. The van der Waals surface area contributed by atoms with E-state index in [0.29, 0.717) is 11.4 Å². The van der Waals surface area contributed by atoms with Gasteiger partial charge in [0.25, 0.3) is 0 Å². The van der Waals surface area contributed by atoms with E-state index in [-0.39, 0.29) is 5.54 Å². The highest BCUT2D eigenvalue weighted by Crippen LogP contribution is 2.32. The molecule has 1 saturated carbocycles. The van der Waals surface area contributed by atoms with Crippen LogP contribution in [0.4, 0.5) is 0 Å². The fourth-order valence-electron chi connectivity index (χ4n) is 2.73. The zero-order chi connectivity index (χ0) is 15.5. The Labute approximate surface area is 128 Å². The van der Waals surface area contributed by atoms with E-state index in [4.69, 9.17) is 0 Å². The van der Waals surface area contributed by atoms with E-state index in [1.807, 2.05) is 26.0 Å². The maximum absolute atomic E-state index is 12.5. The third-order valence-electron chi connectivity index (χ3n) is 4.27. The number of sulfonamides is 1. The monoisotopic (exact) mass is 310 g/mol. The van der Waals surface area contributed by atoms with Crippen LogP contribution in [0.25, 0.3) is 0 Å². The molecule has 0 atom stereocenters. The molecule has 4 nitrogen and oxygen atoms in total. The van der Waals surface area contributed by atoms with E-state index in [0.717, 1.165) is 37.8 Å². The van der Waals surface area contributed by atoms with Gasteiger partial charge in [-0.2, -0.15) is 0 Å². The van der Waals surface area contributed by atoms with Gasteiger partial charge in [-0.1, -0.05) is 19.9 Å². The number of nitrogens with one attached hydrogen (secondary N) is 2. The van der Waals surface area contributed by atoms with Gasteiger partial charge in [0, 0.05) is 12.1 Å². The zero-order valence-electron chi connectivity index (χ0n) is 13.2. The molecule has 0 heterocycles. The molecule has 1 aromatic carbocycles. The Morgan fingerprint density at radius 1 is 1.19 bits per heavy atom. The van der Waals surface area contributed by atoms with Crippen molar-refractivity contribution in [3.8, 4) is 0 Å². The Hall–Kier alpha value is -0.910. The molecule has 2 rings (SSSR count). The minimum absolute atomic E-state index is 0.260. The molecule has 0 amide bonds. The SMILES string of the molecule is CCNCc1cc(S(=O)(=O)NC2(C)CCC2)ccc1CC. The van der Waals surface area contributed by atoms with Gasteiger partial charge in [-0.15, -0.1) is 0 Å². The molecular weight excluding hydrogens is 284 g/mol. The Morgan fingerprint density at radius 2 is 1.90 bits per heavy atom. The first-order valence-electron chi connectivity index (χ1n) is 7.77. The van der Waals surface area contributed by atoms with Gasteiger partial charge in [0.05, 0.1) is 4.90 Å². The lowest BCUT2D eigenvalue weighted by Gasteiger charge is -2.38. The van der Waals surface area contributed by atoms with Crippen molar-refractivity contribution >= 4 is 10.0 Å². The molecule has 1 aromatic rings. The van der Waals surface area contributed by atoms with Crippen LogP contribution in [-0.4, -0.2) is 20.5 Å². The molecule has 5 heteroatoms. The molecule has 0 spiro atoms. The van der Waals surface area contributed by atoms with Crippen LogP contribution >= 0.6 is 0 Å². The summed E-state index contributed by atoms with van der Waals surface area (Å²) >= 11 is 0. The van der Waals surface area contributed by atoms with Crippen LogP contribution in [-0.2, 0) is 23.0 Å². The topological polar surface area (TPSA) is 58.2 Å². The van der Waals surface area contributed by atoms with Gasteiger partial charge in [-0.3, -0.25) is 0 Å². The van der Waals surface area contributed by atoms with E-state index in [1.165, 1.54) is 5.56 Å². The summed E-state index contributed by atoms with van der Waals surface area (Å²) in [6, 6.07) is 5.47. The molecule has 118 valence electrons. The smallest absolute Gasteiger partial charge is 0.241 e. The van der Waals surface area contributed by atoms with E-state index in [1.54, 1.807) is 6.07 Å². The quantitative estimate of drug-likeness (QED) is 0.814. The Balaban J connectivity index is 2.26. The third-order valence-corrected chi connectivity index (χ3v) is 5.91. The Morgan fingerprint density at radius 3 is 2.43 bits per heavy atom. The summed E-state index contributed by atoms with van der Waals surface area (Å²) in [5, 5.41) is 3.27. The summed E-state index contributed by atoms with van der Waals surface area (Å²) in [6.45, 7) is 7.70. The fraction of sp³-hybridized carbons (Fsp3) is 0.625. The van der Waals surface area contributed by atoms with Crippen molar-refractivity contribution in [2.24, 2.45) is 0 Å². The first-order chi connectivity index (χ1) is 9.90. The summed E-state index contributed by atoms with van der Waals surface area (Å²) in [4.78, 5) is 0.376. The standard InChI is InChI=1S/C16H26N2O2S/c1-4-13-7-8-15(11-14(13)12-17-5-2)21(19,20)18-16(3)9-6-10-16/h7-8,11,17-18H,4-6,9-10,12H2,1-3H3. The molecule has 1 aliphatic rings. The fourth-order valence-corrected chi connectivity index (χ4v) is 4.25. The molecular formula is C16H26N2O2S. The predicted octanol–water partition coefficient (Wildman–Crippen LogP) is 2.58. The summed E-state index contributed by atoms with van der Waals surface area (Å²) in [7, 11) is -3.43. The average molecular weight is 310 g/mol. The zero-order valence-corrected chi connectivity index (χ0v) is 14.0. The molecule has 1 fully saturated rings. The molecule has 1 aliphatic carbocycles. The highest BCUT2D eigenvalue weighted by molar-refractivity contribution is 7.89. The van der Waals surface area contributed by atoms with Gasteiger partial charge in [0.15, 0.2) is 0 Å². The van der Waals surface area contributed by atoms with Crippen LogP contribution < -0.4 is 10.0 Å². The predicted molar refractivity (Wildman–Crippen MR) is 85.8 cm³/mol. The second-order valence-electron chi connectivity index (χ2n) is 6.08. The summed E-state index contributed by atoms with van der Waals surface area (Å²) in [6.07, 6.45) is 3.85. The second-order valence-corrected chi connectivity index (χ2v) is 7.77. The summed E-state index contributed by atoms with van der Waals surface area (Å²) in [5.74, 6) is 0. The molecule has 2 N–H and O–H groups in total. The first kappa shape index (κ1) is 16.5. The van der Waals surface area contributed by atoms with Crippen LogP contribution in [0.3, 0.4) is 0 Å².